The van der Waals surface area contributed by atoms with Gasteiger partial charge in [0, 0.05) is 36.9 Å². The van der Waals surface area contributed by atoms with Gasteiger partial charge >= 0.3 is 23.9 Å². The van der Waals surface area contributed by atoms with Crippen LogP contribution in [0.25, 0.3) is 0 Å². The Balaban J connectivity index is -0.000000722. The van der Waals surface area contributed by atoms with Gasteiger partial charge in [0.1, 0.15) is 0 Å². The van der Waals surface area contributed by atoms with Gasteiger partial charge in [-0.2, -0.15) is 0 Å². The van der Waals surface area contributed by atoms with Gasteiger partial charge in [-0.1, -0.05) is 26.8 Å². The number of carbonyl (C=O) groups is 4. The SMILES string of the molecule is CC(C)(CO)CO.CCC(CO)(CO)CO.O=C(O)CCCCC(=O)O.O=C(O)c1cccc(C(=O)O)c1.O=C=NC1CCC(CC2CCC(N=C=O)CC2)CC1.OCCCCO. The number of aliphatic hydroxyl groups excluding tert-OH is 7. The number of carbonyl (C=O) groups excluding carboxylic acids is 2. The van der Waals surface area contributed by atoms with Crippen LogP contribution in [0.1, 0.15) is 144 Å². The fraction of sp³-hybridized carbons (Fsp3) is 0.727. The largest absolute Gasteiger partial charge is 0.481 e. The summed E-state index contributed by atoms with van der Waals surface area (Å²) in [6.07, 6.45) is 16.7. The number of rotatable bonds is 20. The van der Waals surface area contributed by atoms with Crippen LogP contribution in [0, 0.1) is 22.7 Å². The molecule has 0 amide bonds. The highest BCUT2D eigenvalue weighted by molar-refractivity contribution is 5.93. The maximum atomic E-state index is 10.4. The fourth-order valence-corrected chi connectivity index (χ4v) is 5.74. The van der Waals surface area contributed by atoms with Crippen LogP contribution in [-0.4, -0.2) is 151 Å². The molecule has 0 saturated heterocycles. The highest BCUT2D eigenvalue weighted by atomic mass is 16.4. The van der Waals surface area contributed by atoms with E-state index in [0.717, 1.165) is 56.4 Å². The zero-order valence-corrected chi connectivity index (χ0v) is 37.1. The molecule has 2 aliphatic carbocycles. The van der Waals surface area contributed by atoms with Crippen LogP contribution < -0.4 is 0 Å². The van der Waals surface area contributed by atoms with Gasteiger partial charge in [0.05, 0.1) is 56.2 Å². The molecule has 0 aromatic heterocycles. The molecular formula is C44H74N2O17. The Morgan fingerprint density at radius 1 is 0.587 bits per heavy atom. The minimum absolute atomic E-state index is 0.0186. The second-order valence-electron chi connectivity index (χ2n) is 16.2. The number of isocyanates is 2. The summed E-state index contributed by atoms with van der Waals surface area (Å²) in [6.45, 7) is 5.43. The first-order chi connectivity index (χ1) is 29.8. The second-order valence-corrected chi connectivity index (χ2v) is 16.2. The predicted molar refractivity (Wildman–Crippen MR) is 232 cm³/mol. The smallest absolute Gasteiger partial charge is 0.335 e. The van der Waals surface area contributed by atoms with Crippen LogP contribution in [0.3, 0.4) is 0 Å². The number of aromatic carboxylic acids is 2. The molecule has 3 rings (SSSR count). The lowest BCUT2D eigenvalue weighted by Gasteiger charge is -2.31. The topological polar surface area (TPSA) is 350 Å². The number of aliphatic carboxylic acids is 2. The number of aliphatic imine (C=N–C) groups is 2. The van der Waals surface area contributed by atoms with E-state index in [1.54, 1.807) is 26.0 Å². The Bertz CT molecular complexity index is 1350. The predicted octanol–water partition coefficient (Wildman–Crippen LogP) is 4.07. The lowest BCUT2D eigenvalue weighted by molar-refractivity contribution is -0.139. The van der Waals surface area contributed by atoms with E-state index >= 15 is 0 Å². The van der Waals surface area contributed by atoms with Crippen molar-refractivity contribution in [1.29, 1.82) is 0 Å². The zero-order valence-electron chi connectivity index (χ0n) is 37.1. The summed E-state index contributed by atoms with van der Waals surface area (Å²) in [7, 11) is 0. The molecule has 362 valence electrons. The number of carboxylic acids is 4. The number of nitrogens with zero attached hydrogens (tertiary/aromatic N) is 2. The number of unbranched alkanes of at least 4 members (excludes halogenated alkanes) is 2. The fourth-order valence-electron chi connectivity index (χ4n) is 5.74. The Labute approximate surface area is 370 Å². The van der Waals surface area contributed by atoms with Gasteiger partial charge in [-0.15, -0.1) is 0 Å². The van der Waals surface area contributed by atoms with Gasteiger partial charge in [-0.3, -0.25) is 9.59 Å². The van der Waals surface area contributed by atoms with E-state index in [4.69, 9.17) is 56.2 Å². The van der Waals surface area contributed by atoms with Crippen molar-refractivity contribution >= 4 is 36.0 Å². The third kappa shape index (κ3) is 34.7. The normalized spacial score (nSPS) is 17.7. The summed E-state index contributed by atoms with van der Waals surface area (Å²) in [5.74, 6) is -2.39. The van der Waals surface area contributed by atoms with Crippen molar-refractivity contribution in [3.05, 3.63) is 35.4 Å². The highest BCUT2D eigenvalue weighted by Gasteiger charge is 2.27. The van der Waals surface area contributed by atoms with Crippen molar-refractivity contribution in [3.8, 4) is 0 Å². The minimum atomic E-state index is -1.13. The Kier molecular flexibility index (Phi) is 39.1. The molecule has 0 radical (unpaired) electrons. The van der Waals surface area contributed by atoms with Crippen molar-refractivity contribution in [3.63, 3.8) is 0 Å². The summed E-state index contributed by atoms with van der Waals surface area (Å²) < 4.78 is 0. The van der Waals surface area contributed by atoms with Crippen molar-refractivity contribution in [2.75, 3.05) is 46.2 Å². The summed E-state index contributed by atoms with van der Waals surface area (Å²) in [5, 5.41) is 92.3. The van der Waals surface area contributed by atoms with E-state index in [1.165, 1.54) is 50.3 Å². The molecule has 2 fully saturated rings. The summed E-state index contributed by atoms with van der Waals surface area (Å²) in [4.78, 5) is 68.7. The standard InChI is InChI=1S/C15H22N2O2.C8H6O4.C6H10O4.C6H14O3.C5H12O2.C4H10O2/c18-10-16-14-5-1-12(2-6-14)9-13-3-7-15(8-4-13)17-11-19;9-7(10)5-2-1-3-6(4-5)8(11)12;7-5(8)3-1-2-4-6(9)10;1-2-6(3-7,4-8)5-9;1-5(2,3-6)4-7;5-3-1-2-4-6/h12-15H,1-9H2;1-4H,(H,9,10)(H,11,12);1-4H2,(H,7,8)(H,9,10);7-9H,2-5H2,1H3;6-7H,3-4H2,1-2H3;5-6H,1-4H2. The van der Waals surface area contributed by atoms with Crippen molar-refractivity contribution in [2.24, 2.45) is 32.7 Å². The third-order valence-corrected chi connectivity index (χ3v) is 10.3. The quantitative estimate of drug-likeness (QED) is 0.0499. The van der Waals surface area contributed by atoms with E-state index in [-0.39, 0.29) is 87.7 Å². The minimum Gasteiger partial charge on any atom is -0.481 e. The number of hydrogen-bond donors (Lipinski definition) is 11. The van der Waals surface area contributed by atoms with Crippen LogP contribution in [0.15, 0.2) is 34.3 Å². The molecule has 1 aromatic rings. The molecule has 19 heteroatoms. The first kappa shape index (κ1) is 62.9. The molecular weight excluding hydrogens is 828 g/mol. The van der Waals surface area contributed by atoms with Gasteiger partial charge in [0.15, 0.2) is 0 Å². The van der Waals surface area contributed by atoms with E-state index < -0.39 is 29.3 Å². The molecule has 2 aliphatic rings. The Morgan fingerprint density at radius 2 is 0.937 bits per heavy atom. The molecule has 0 unspecified atom stereocenters. The van der Waals surface area contributed by atoms with Crippen molar-refractivity contribution in [1.82, 2.24) is 0 Å². The Hall–Kier alpha value is -4.42. The van der Waals surface area contributed by atoms with Gasteiger partial charge < -0.3 is 56.2 Å². The molecule has 0 atom stereocenters. The number of hydrogen-bond acceptors (Lipinski definition) is 15. The van der Waals surface area contributed by atoms with Crippen molar-refractivity contribution in [2.45, 2.75) is 136 Å². The van der Waals surface area contributed by atoms with Crippen LogP contribution >= 0.6 is 0 Å². The molecule has 1 aromatic carbocycles. The van der Waals surface area contributed by atoms with Gasteiger partial charge in [-0.25, -0.2) is 29.2 Å². The molecule has 19 nitrogen and oxygen atoms in total. The van der Waals surface area contributed by atoms with E-state index in [2.05, 4.69) is 9.98 Å². The monoisotopic (exact) mass is 902 g/mol. The molecule has 11 N–H and O–H groups in total. The third-order valence-electron chi connectivity index (χ3n) is 10.3. The van der Waals surface area contributed by atoms with Gasteiger partial charge in [0.2, 0.25) is 12.2 Å². The lowest BCUT2D eigenvalue weighted by atomic mass is 9.76. The second kappa shape index (κ2) is 39.2. The summed E-state index contributed by atoms with van der Waals surface area (Å²) in [5.41, 5.74) is -1.01. The average Bonchev–Trinajstić information content (AvgIpc) is 3.28. The molecule has 2 saturated carbocycles. The number of benzene rings is 1. The summed E-state index contributed by atoms with van der Waals surface area (Å²) in [6, 6.07) is 5.65. The van der Waals surface area contributed by atoms with E-state index in [0.29, 0.717) is 19.3 Å². The average molecular weight is 903 g/mol. The maximum Gasteiger partial charge on any atom is 0.335 e. The molecule has 0 spiro atoms. The van der Waals surface area contributed by atoms with Crippen LogP contribution in [-0.2, 0) is 19.2 Å². The van der Waals surface area contributed by atoms with Gasteiger partial charge in [0.25, 0.3) is 0 Å². The molecule has 0 heterocycles. The lowest BCUT2D eigenvalue weighted by Crippen LogP contribution is -2.32. The van der Waals surface area contributed by atoms with E-state index in [9.17, 15) is 28.8 Å². The van der Waals surface area contributed by atoms with Crippen LogP contribution in [0.5, 0.6) is 0 Å². The zero-order chi connectivity index (χ0) is 48.7. The Morgan fingerprint density at radius 3 is 1.14 bits per heavy atom. The molecule has 0 bridgehead atoms. The maximum absolute atomic E-state index is 10.4. The molecule has 0 aliphatic heterocycles. The number of carboxylic acid groups (broad SMARTS) is 4. The van der Waals surface area contributed by atoms with E-state index in [1.807, 2.05) is 6.92 Å². The number of aliphatic hydroxyl groups is 7. The van der Waals surface area contributed by atoms with Gasteiger partial charge in [-0.05, 0) is 120 Å². The summed E-state index contributed by atoms with van der Waals surface area (Å²) >= 11 is 0. The van der Waals surface area contributed by atoms with Crippen LogP contribution in [0.4, 0.5) is 0 Å². The van der Waals surface area contributed by atoms with Crippen LogP contribution in [0.2, 0.25) is 0 Å². The van der Waals surface area contributed by atoms with Crippen molar-refractivity contribution < 1.29 is 84.9 Å². The first-order valence-corrected chi connectivity index (χ1v) is 21.2. The molecule has 63 heavy (non-hydrogen) atoms. The highest BCUT2D eigenvalue weighted by Crippen LogP contribution is 2.36. The first-order valence-electron chi connectivity index (χ1n) is 21.2.